The number of hydrogen-bond donors (Lipinski definition) is 1. The summed E-state index contributed by atoms with van der Waals surface area (Å²) in [5.74, 6) is -1.62. The van der Waals surface area contributed by atoms with Crippen LogP contribution >= 0.6 is 0 Å². The Labute approximate surface area is 315 Å². The molecule has 14 nitrogen and oxygen atoms in total. The van der Waals surface area contributed by atoms with Crippen LogP contribution in [0.25, 0.3) is 0 Å². The molecule has 2 atom stereocenters. The fourth-order valence-electron chi connectivity index (χ4n) is 5.49. The van der Waals surface area contributed by atoms with Crippen LogP contribution in [0, 0.1) is 11.3 Å². The topological polar surface area (TPSA) is 174 Å². The third-order valence-corrected chi connectivity index (χ3v) is 7.87. The molecule has 2 unspecified atom stereocenters. The molecule has 1 saturated heterocycles. The second-order valence-electron chi connectivity index (χ2n) is 14.7. The zero-order valence-corrected chi connectivity index (χ0v) is 31.8. The van der Waals surface area contributed by atoms with Gasteiger partial charge in [-0.3, -0.25) is 14.4 Å². The van der Waals surface area contributed by atoms with Crippen molar-refractivity contribution in [3.05, 3.63) is 83.0 Å². The molecule has 0 aromatic heterocycles. The standard InChI is InChI=1S/C40H48N4O10/c1-26(45)52-33(34-36(47)43(18-19-50-34)31-14-11-15-32(21-31)51-25-27-12-9-8-10-13-27)35(46)42-23-28-16-17-29(22-41)30(20-28)24-44(37(48)53-39(2,3)4)38(49)54-40(5,6)7/h9,11-17,20-21,33-34H,8,10,18-19,23-25H2,1-7H3,(H,42,46). The Bertz CT molecular complexity index is 1800. The van der Waals surface area contributed by atoms with Crippen LogP contribution in [0.15, 0.2) is 66.3 Å². The minimum Gasteiger partial charge on any atom is -0.489 e. The summed E-state index contributed by atoms with van der Waals surface area (Å²) in [6, 6.07) is 13.7. The van der Waals surface area contributed by atoms with Gasteiger partial charge in [-0.2, -0.15) is 5.26 Å². The predicted octanol–water partition coefficient (Wildman–Crippen LogP) is 5.87. The van der Waals surface area contributed by atoms with Gasteiger partial charge in [-0.15, -0.1) is 0 Å². The molecule has 4 amide bonds. The molecule has 1 aliphatic carbocycles. The number of nitrogens with zero attached hydrogens (tertiary/aromatic N) is 3. The molecule has 1 fully saturated rings. The van der Waals surface area contributed by atoms with Gasteiger partial charge >= 0.3 is 18.2 Å². The van der Waals surface area contributed by atoms with Crippen molar-refractivity contribution >= 4 is 35.7 Å². The highest BCUT2D eigenvalue weighted by atomic mass is 16.6. The van der Waals surface area contributed by atoms with Crippen LogP contribution in [0.4, 0.5) is 15.3 Å². The number of imide groups is 1. The predicted molar refractivity (Wildman–Crippen MR) is 197 cm³/mol. The van der Waals surface area contributed by atoms with E-state index in [-0.39, 0.29) is 37.4 Å². The fraction of sp³-hybridized carbons (Fsp3) is 0.450. The highest BCUT2D eigenvalue weighted by Crippen LogP contribution is 2.27. The van der Waals surface area contributed by atoms with E-state index in [4.69, 9.17) is 23.7 Å². The summed E-state index contributed by atoms with van der Waals surface area (Å²) in [7, 11) is 0. The summed E-state index contributed by atoms with van der Waals surface area (Å²) in [5, 5.41) is 12.5. The van der Waals surface area contributed by atoms with E-state index >= 15 is 0 Å². The molecule has 0 saturated carbocycles. The van der Waals surface area contributed by atoms with Crippen LogP contribution in [0.3, 0.4) is 0 Å². The summed E-state index contributed by atoms with van der Waals surface area (Å²) in [5.41, 5.74) is 0.645. The minimum absolute atomic E-state index is 0.0645. The van der Waals surface area contributed by atoms with Crippen molar-refractivity contribution in [3.63, 3.8) is 0 Å². The van der Waals surface area contributed by atoms with Gasteiger partial charge in [0.25, 0.3) is 11.8 Å². The Hall–Kier alpha value is -5.68. The van der Waals surface area contributed by atoms with Crippen molar-refractivity contribution in [2.75, 3.05) is 24.7 Å². The lowest BCUT2D eigenvalue weighted by Gasteiger charge is -2.35. The lowest BCUT2D eigenvalue weighted by Crippen LogP contribution is -2.57. The van der Waals surface area contributed by atoms with Crippen LogP contribution in [-0.2, 0) is 46.4 Å². The monoisotopic (exact) mass is 744 g/mol. The maximum Gasteiger partial charge on any atom is 0.420 e. The second kappa shape index (κ2) is 17.9. The van der Waals surface area contributed by atoms with Crippen molar-refractivity contribution in [1.82, 2.24) is 10.2 Å². The number of nitrogens with one attached hydrogen (secondary N) is 1. The SMILES string of the molecule is CC(=O)OC(C(=O)NCc1ccc(C#N)c(CN(C(=O)OC(C)(C)C)C(=O)OC(C)(C)C)c1)C1OCCN(c2cccc(OCC3=CCCC=C3)c2)C1=O. The Balaban J connectivity index is 1.50. The van der Waals surface area contributed by atoms with E-state index in [1.807, 2.05) is 6.08 Å². The summed E-state index contributed by atoms with van der Waals surface area (Å²) >= 11 is 0. The first-order valence-electron chi connectivity index (χ1n) is 17.7. The quantitative estimate of drug-likeness (QED) is 0.216. The van der Waals surface area contributed by atoms with Gasteiger partial charge in [-0.1, -0.05) is 36.4 Å². The van der Waals surface area contributed by atoms with E-state index in [0.717, 1.165) is 30.2 Å². The van der Waals surface area contributed by atoms with Gasteiger partial charge in [-0.25, -0.2) is 14.5 Å². The molecular formula is C40H48N4O10. The first-order chi connectivity index (χ1) is 25.4. The van der Waals surface area contributed by atoms with E-state index < -0.39 is 53.4 Å². The van der Waals surface area contributed by atoms with E-state index in [0.29, 0.717) is 23.6 Å². The van der Waals surface area contributed by atoms with E-state index in [2.05, 4.69) is 23.5 Å². The number of benzene rings is 2. The summed E-state index contributed by atoms with van der Waals surface area (Å²) in [6.45, 7) is 11.2. The van der Waals surface area contributed by atoms with Gasteiger partial charge in [0.1, 0.15) is 23.6 Å². The van der Waals surface area contributed by atoms with Gasteiger partial charge in [0, 0.05) is 31.8 Å². The van der Waals surface area contributed by atoms with Gasteiger partial charge in [0.2, 0.25) is 6.10 Å². The van der Waals surface area contributed by atoms with Crippen LogP contribution in [0.5, 0.6) is 5.75 Å². The van der Waals surface area contributed by atoms with Gasteiger partial charge in [0.15, 0.2) is 6.10 Å². The van der Waals surface area contributed by atoms with Crippen molar-refractivity contribution in [3.8, 4) is 11.8 Å². The number of carbonyl (C=O) groups excluding carboxylic acids is 5. The Morgan fingerprint density at radius 2 is 1.72 bits per heavy atom. The van der Waals surface area contributed by atoms with Crippen molar-refractivity contribution in [1.29, 1.82) is 5.26 Å². The molecule has 0 bridgehead atoms. The number of anilines is 1. The molecule has 1 N–H and O–H groups in total. The van der Waals surface area contributed by atoms with Gasteiger partial charge < -0.3 is 33.9 Å². The van der Waals surface area contributed by atoms with Gasteiger partial charge in [0.05, 0.1) is 24.8 Å². The zero-order valence-electron chi connectivity index (χ0n) is 31.8. The highest BCUT2D eigenvalue weighted by molar-refractivity contribution is 6.01. The number of rotatable bonds is 11. The third kappa shape index (κ3) is 11.9. The van der Waals surface area contributed by atoms with Crippen molar-refractivity contribution in [2.45, 2.75) is 97.8 Å². The molecule has 288 valence electrons. The molecule has 54 heavy (non-hydrogen) atoms. The number of esters is 1. The molecule has 2 aromatic carbocycles. The third-order valence-electron chi connectivity index (χ3n) is 7.87. The Kier molecular flexibility index (Phi) is 13.6. The average molecular weight is 745 g/mol. The van der Waals surface area contributed by atoms with Crippen LogP contribution in [0.1, 0.15) is 78.0 Å². The maximum absolute atomic E-state index is 13.8. The van der Waals surface area contributed by atoms with Crippen LogP contribution in [0.2, 0.25) is 0 Å². The van der Waals surface area contributed by atoms with E-state index in [1.54, 1.807) is 77.9 Å². The molecular weight excluding hydrogens is 696 g/mol. The molecule has 4 rings (SSSR count). The molecule has 14 heteroatoms. The molecule has 1 aliphatic heterocycles. The minimum atomic E-state index is -1.63. The molecule has 0 spiro atoms. The number of carbonyl (C=O) groups is 5. The average Bonchev–Trinajstić information content (AvgIpc) is 3.10. The lowest BCUT2D eigenvalue weighted by molar-refractivity contribution is -0.169. The Morgan fingerprint density at radius 3 is 2.33 bits per heavy atom. The number of allylic oxidation sites excluding steroid dienone is 2. The lowest BCUT2D eigenvalue weighted by atomic mass is 10.0. The number of amides is 4. The van der Waals surface area contributed by atoms with Crippen molar-refractivity contribution < 1.29 is 47.7 Å². The number of ether oxygens (including phenoxy) is 5. The first-order valence-corrected chi connectivity index (χ1v) is 17.7. The second-order valence-corrected chi connectivity index (χ2v) is 14.7. The molecule has 2 aliphatic rings. The summed E-state index contributed by atoms with van der Waals surface area (Å²) in [4.78, 5) is 68.0. The van der Waals surface area contributed by atoms with Crippen molar-refractivity contribution in [2.24, 2.45) is 0 Å². The highest BCUT2D eigenvalue weighted by Gasteiger charge is 2.42. The van der Waals surface area contributed by atoms with E-state index in [1.165, 1.54) is 11.0 Å². The number of hydrogen-bond acceptors (Lipinski definition) is 11. The summed E-state index contributed by atoms with van der Waals surface area (Å²) in [6.07, 6.45) is 3.17. The smallest absolute Gasteiger partial charge is 0.420 e. The summed E-state index contributed by atoms with van der Waals surface area (Å²) < 4.78 is 27.9. The normalized spacial score (nSPS) is 16.3. The zero-order chi connectivity index (χ0) is 39.6. The van der Waals surface area contributed by atoms with E-state index in [9.17, 15) is 29.2 Å². The fourth-order valence-corrected chi connectivity index (χ4v) is 5.49. The number of morpholine rings is 1. The molecule has 0 radical (unpaired) electrons. The van der Waals surface area contributed by atoms with Gasteiger partial charge in [-0.05, 0) is 89.3 Å². The largest absolute Gasteiger partial charge is 0.489 e. The number of nitriles is 1. The maximum atomic E-state index is 13.8. The van der Waals surface area contributed by atoms with Crippen LogP contribution < -0.4 is 15.0 Å². The molecule has 2 aromatic rings. The van der Waals surface area contributed by atoms with Crippen LogP contribution in [-0.4, -0.2) is 78.0 Å². The molecule has 1 heterocycles. The Morgan fingerprint density at radius 1 is 1.02 bits per heavy atom. The first kappa shape index (κ1) is 41.1.